The van der Waals surface area contributed by atoms with Gasteiger partial charge in [0.25, 0.3) is 5.91 Å². The van der Waals surface area contributed by atoms with E-state index in [-0.39, 0.29) is 18.6 Å². The van der Waals surface area contributed by atoms with Gasteiger partial charge in [0.05, 0.1) is 5.56 Å². The number of aliphatic hydroxyl groups excluding tert-OH is 1. The summed E-state index contributed by atoms with van der Waals surface area (Å²) < 4.78 is 39.1. The first-order valence-corrected chi connectivity index (χ1v) is 5.76. The SMILES string of the molecule is O=C(N[C@@H]1C=C[C@H](CO)C1)c1cc(F)c(F)cc1F. The van der Waals surface area contributed by atoms with Crippen LogP contribution in [0.25, 0.3) is 0 Å². The molecule has 2 N–H and O–H groups in total. The zero-order valence-corrected chi connectivity index (χ0v) is 9.87. The van der Waals surface area contributed by atoms with E-state index in [1.165, 1.54) is 0 Å². The van der Waals surface area contributed by atoms with E-state index in [1.807, 2.05) is 0 Å². The molecule has 0 aliphatic heterocycles. The van der Waals surface area contributed by atoms with Crippen molar-refractivity contribution in [2.24, 2.45) is 5.92 Å². The topological polar surface area (TPSA) is 49.3 Å². The molecule has 6 heteroatoms. The number of halogens is 3. The Labute approximate surface area is 107 Å². The third-order valence-electron chi connectivity index (χ3n) is 2.98. The number of aliphatic hydroxyl groups is 1. The fourth-order valence-corrected chi connectivity index (χ4v) is 1.96. The lowest BCUT2D eigenvalue weighted by atomic mass is 10.1. The molecule has 0 fully saturated rings. The average Bonchev–Trinajstić information content (AvgIpc) is 2.81. The zero-order chi connectivity index (χ0) is 14.0. The van der Waals surface area contributed by atoms with Crippen molar-refractivity contribution in [3.05, 3.63) is 47.3 Å². The first-order valence-electron chi connectivity index (χ1n) is 5.76. The van der Waals surface area contributed by atoms with Gasteiger partial charge in [-0.1, -0.05) is 12.2 Å². The molecule has 3 nitrogen and oxygen atoms in total. The summed E-state index contributed by atoms with van der Waals surface area (Å²) in [6.07, 6.45) is 3.91. The number of hydrogen-bond acceptors (Lipinski definition) is 2. The Morgan fingerprint density at radius 2 is 1.89 bits per heavy atom. The van der Waals surface area contributed by atoms with Gasteiger partial charge < -0.3 is 10.4 Å². The maximum Gasteiger partial charge on any atom is 0.254 e. The smallest absolute Gasteiger partial charge is 0.254 e. The van der Waals surface area contributed by atoms with Crippen LogP contribution in [0.15, 0.2) is 24.3 Å². The van der Waals surface area contributed by atoms with E-state index in [9.17, 15) is 18.0 Å². The van der Waals surface area contributed by atoms with Gasteiger partial charge in [0, 0.05) is 24.6 Å². The van der Waals surface area contributed by atoms with E-state index in [1.54, 1.807) is 12.2 Å². The highest BCUT2D eigenvalue weighted by Crippen LogP contribution is 2.18. The molecular formula is C13H12F3NO2. The molecule has 1 aliphatic rings. The summed E-state index contributed by atoms with van der Waals surface area (Å²) in [6, 6.07) is 0.519. The predicted molar refractivity (Wildman–Crippen MR) is 61.9 cm³/mol. The van der Waals surface area contributed by atoms with Crippen LogP contribution < -0.4 is 5.32 Å². The van der Waals surface area contributed by atoms with Crippen LogP contribution in [0, 0.1) is 23.4 Å². The van der Waals surface area contributed by atoms with E-state index < -0.39 is 28.9 Å². The van der Waals surface area contributed by atoms with Crippen molar-refractivity contribution in [1.29, 1.82) is 0 Å². The number of carbonyl (C=O) groups is 1. The molecule has 0 bridgehead atoms. The second kappa shape index (κ2) is 5.44. The van der Waals surface area contributed by atoms with Crippen LogP contribution in [-0.2, 0) is 0 Å². The molecule has 0 spiro atoms. The lowest BCUT2D eigenvalue weighted by Crippen LogP contribution is -2.33. The minimum atomic E-state index is -1.34. The van der Waals surface area contributed by atoms with Gasteiger partial charge in [-0.05, 0) is 12.5 Å². The normalized spacial score (nSPS) is 21.7. The molecule has 0 saturated carbocycles. The highest BCUT2D eigenvalue weighted by Gasteiger charge is 2.22. The summed E-state index contributed by atoms with van der Waals surface area (Å²) in [4.78, 5) is 11.7. The number of hydrogen-bond donors (Lipinski definition) is 2. The minimum Gasteiger partial charge on any atom is -0.396 e. The Balaban J connectivity index is 2.09. The number of carbonyl (C=O) groups excluding carboxylic acids is 1. The van der Waals surface area contributed by atoms with Crippen molar-refractivity contribution in [3.63, 3.8) is 0 Å². The quantitative estimate of drug-likeness (QED) is 0.650. The number of benzene rings is 1. The number of nitrogens with one attached hydrogen (secondary N) is 1. The van der Waals surface area contributed by atoms with E-state index in [0.717, 1.165) is 0 Å². The van der Waals surface area contributed by atoms with E-state index >= 15 is 0 Å². The van der Waals surface area contributed by atoms with E-state index in [2.05, 4.69) is 5.32 Å². The molecule has 0 heterocycles. The third-order valence-corrected chi connectivity index (χ3v) is 2.98. The summed E-state index contributed by atoms with van der Waals surface area (Å²) in [5.41, 5.74) is -0.542. The largest absolute Gasteiger partial charge is 0.396 e. The first kappa shape index (κ1) is 13.6. The van der Waals surface area contributed by atoms with Crippen molar-refractivity contribution in [1.82, 2.24) is 5.32 Å². The van der Waals surface area contributed by atoms with Crippen LogP contribution in [0.3, 0.4) is 0 Å². The lowest BCUT2D eigenvalue weighted by molar-refractivity contribution is 0.0936. The lowest BCUT2D eigenvalue weighted by Gasteiger charge is -2.13. The van der Waals surface area contributed by atoms with Crippen LogP contribution in [0.2, 0.25) is 0 Å². The molecule has 0 unspecified atom stereocenters. The van der Waals surface area contributed by atoms with Gasteiger partial charge in [-0.3, -0.25) is 4.79 Å². The molecular weight excluding hydrogens is 259 g/mol. The van der Waals surface area contributed by atoms with Crippen molar-refractivity contribution in [2.75, 3.05) is 6.61 Å². The zero-order valence-electron chi connectivity index (χ0n) is 9.87. The summed E-state index contributed by atoms with van der Waals surface area (Å²) >= 11 is 0. The van der Waals surface area contributed by atoms with Crippen molar-refractivity contribution in [3.8, 4) is 0 Å². The predicted octanol–water partition coefficient (Wildman–Crippen LogP) is 1.77. The molecule has 0 saturated heterocycles. The molecule has 2 atom stereocenters. The average molecular weight is 271 g/mol. The summed E-state index contributed by atoms with van der Waals surface area (Å²) in [7, 11) is 0. The molecule has 2 rings (SSSR count). The van der Waals surface area contributed by atoms with Gasteiger partial charge >= 0.3 is 0 Å². The molecule has 0 aromatic heterocycles. The summed E-state index contributed by atoms with van der Waals surface area (Å²) in [5.74, 6) is -4.60. The van der Waals surface area contributed by atoms with Gasteiger partial charge in [0.2, 0.25) is 0 Å². The monoisotopic (exact) mass is 271 g/mol. The molecule has 102 valence electrons. The highest BCUT2D eigenvalue weighted by atomic mass is 19.2. The Morgan fingerprint density at radius 3 is 2.53 bits per heavy atom. The molecule has 1 amide bonds. The van der Waals surface area contributed by atoms with Crippen LogP contribution in [0.1, 0.15) is 16.8 Å². The standard InChI is InChI=1S/C13H12F3NO2/c14-10-5-12(16)11(15)4-9(10)13(19)17-8-2-1-7(3-8)6-18/h1-2,4-5,7-8,18H,3,6H2,(H,17,19)/t7-,8+/m0/s1. The highest BCUT2D eigenvalue weighted by molar-refractivity contribution is 5.94. The van der Waals surface area contributed by atoms with Crippen LogP contribution in [0.4, 0.5) is 13.2 Å². The van der Waals surface area contributed by atoms with Crippen LogP contribution in [-0.4, -0.2) is 23.7 Å². The molecule has 0 radical (unpaired) electrons. The third kappa shape index (κ3) is 2.96. The van der Waals surface area contributed by atoms with Crippen molar-refractivity contribution in [2.45, 2.75) is 12.5 Å². The molecule has 19 heavy (non-hydrogen) atoms. The fraction of sp³-hybridized carbons (Fsp3) is 0.308. The van der Waals surface area contributed by atoms with Crippen LogP contribution in [0.5, 0.6) is 0 Å². The summed E-state index contributed by atoms with van der Waals surface area (Å²) in [5, 5.41) is 11.4. The summed E-state index contributed by atoms with van der Waals surface area (Å²) in [6.45, 7) is -0.0393. The van der Waals surface area contributed by atoms with Gasteiger partial charge in [-0.15, -0.1) is 0 Å². The second-order valence-electron chi connectivity index (χ2n) is 4.39. The Kier molecular flexibility index (Phi) is 3.90. The Bertz CT molecular complexity index is 531. The minimum absolute atomic E-state index is 0.0393. The Hall–Kier alpha value is -1.82. The fourth-order valence-electron chi connectivity index (χ4n) is 1.96. The first-order chi connectivity index (χ1) is 9.01. The number of rotatable bonds is 3. The van der Waals surface area contributed by atoms with E-state index in [4.69, 9.17) is 5.11 Å². The molecule has 1 aliphatic carbocycles. The Morgan fingerprint density at radius 1 is 1.21 bits per heavy atom. The molecule has 1 aromatic rings. The second-order valence-corrected chi connectivity index (χ2v) is 4.39. The van der Waals surface area contributed by atoms with Gasteiger partial charge in [0.1, 0.15) is 5.82 Å². The van der Waals surface area contributed by atoms with Gasteiger partial charge in [-0.2, -0.15) is 0 Å². The van der Waals surface area contributed by atoms with Gasteiger partial charge in [-0.25, -0.2) is 13.2 Å². The maximum atomic E-state index is 13.4. The van der Waals surface area contributed by atoms with Crippen molar-refractivity contribution >= 4 is 5.91 Å². The molecule has 1 aromatic carbocycles. The maximum absolute atomic E-state index is 13.4. The van der Waals surface area contributed by atoms with Gasteiger partial charge in [0.15, 0.2) is 11.6 Å². The number of amides is 1. The van der Waals surface area contributed by atoms with Crippen molar-refractivity contribution < 1.29 is 23.1 Å². The van der Waals surface area contributed by atoms with E-state index in [0.29, 0.717) is 18.6 Å². The van der Waals surface area contributed by atoms with Crippen LogP contribution >= 0.6 is 0 Å².